The minimum Gasteiger partial charge on any atom is -0.320 e. The van der Waals surface area contributed by atoms with Crippen molar-refractivity contribution in [2.75, 3.05) is 11.9 Å². The number of carbonyl (C=O) groups excluding carboxylic acids is 3. The Kier molecular flexibility index (Phi) is 4.85. The second-order valence-corrected chi connectivity index (χ2v) is 5.89. The Morgan fingerprint density at radius 3 is 2.54 bits per heavy atom. The molecule has 1 aliphatic heterocycles. The molecule has 0 spiro atoms. The number of aromatic amines is 2. The van der Waals surface area contributed by atoms with Gasteiger partial charge in [0.15, 0.2) is 0 Å². The van der Waals surface area contributed by atoms with Crippen LogP contribution in [0.4, 0.5) is 11.4 Å². The molecule has 0 unspecified atom stereocenters. The molecule has 0 aliphatic carbocycles. The molecule has 12 heteroatoms. The topological polar surface area (TPSA) is 175 Å². The zero-order valence-electron chi connectivity index (χ0n) is 14.2. The maximum atomic E-state index is 12.3. The van der Waals surface area contributed by atoms with Crippen molar-refractivity contribution in [2.45, 2.75) is 12.8 Å². The molecule has 12 nitrogen and oxygen atoms in total. The van der Waals surface area contributed by atoms with Gasteiger partial charge < -0.3 is 10.3 Å². The standard InChI is InChI=1S/C16H13N5O7/c22-12(18-11-7-17-16(26)19-13(11)23)2-1-5-20-14(24)9-4-3-8(21(27)28)6-10(9)15(20)25/h3-4,6-7H,1-2,5H2,(H,18,22)(H2,17,19,23,26). The van der Waals surface area contributed by atoms with Crippen LogP contribution in [0.2, 0.25) is 0 Å². The third kappa shape index (κ3) is 3.56. The Morgan fingerprint density at radius 2 is 1.86 bits per heavy atom. The van der Waals surface area contributed by atoms with Crippen molar-refractivity contribution >= 4 is 29.1 Å². The smallest absolute Gasteiger partial charge is 0.320 e. The van der Waals surface area contributed by atoms with Gasteiger partial charge in [0.2, 0.25) is 5.91 Å². The molecule has 3 N–H and O–H groups in total. The second kappa shape index (κ2) is 7.26. The molecule has 3 rings (SSSR count). The van der Waals surface area contributed by atoms with Gasteiger partial charge in [0.1, 0.15) is 5.69 Å². The zero-order chi connectivity index (χ0) is 20.4. The van der Waals surface area contributed by atoms with Crippen LogP contribution >= 0.6 is 0 Å². The fourth-order valence-electron chi connectivity index (χ4n) is 2.71. The molecule has 28 heavy (non-hydrogen) atoms. The van der Waals surface area contributed by atoms with Crippen LogP contribution in [0.15, 0.2) is 34.0 Å². The molecular formula is C16H13N5O7. The average molecular weight is 387 g/mol. The molecule has 0 fully saturated rings. The largest absolute Gasteiger partial charge is 0.325 e. The Bertz CT molecular complexity index is 1120. The summed E-state index contributed by atoms with van der Waals surface area (Å²) in [6.07, 6.45) is 1.06. The van der Waals surface area contributed by atoms with Crippen LogP contribution in [0.5, 0.6) is 0 Å². The second-order valence-electron chi connectivity index (χ2n) is 5.89. The first-order valence-electron chi connectivity index (χ1n) is 8.04. The van der Waals surface area contributed by atoms with Gasteiger partial charge in [-0.15, -0.1) is 0 Å². The highest BCUT2D eigenvalue weighted by Gasteiger charge is 2.36. The number of aromatic nitrogens is 2. The van der Waals surface area contributed by atoms with Crippen molar-refractivity contribution in [3.05, 3.63) is 66.5 Å². The lowest BCUT2D eigenvalue weighted by Gasteiger charge is -2.13. The number of fused-ring (bicyclic) bond motifs is 1. The van der Waals surface area contributed by atoms with E-state index in [-0.39, 0.29) is 41.9 Å². The summed E-state index contributed by atoms with van der Waals surface area (Å²) in [7, 11) is 0. The van der Waals surface area contributed by atoms with Crippen molar-refractivity contribution in [2.24, 2.45) is 0 Å². The molecule has 0 bridgehead atoms. The highest BCUT2D eigenvalue weighted by Crippen LogP contribution is 2.26. The van der Waals surface area contributed by atoms with E-state index in [4.69, 9.17) is 0 Å². The lowest BCUT2D eigenvalue weighted by molar-refractivity contribution is -0.384. The number of nitro benzene ring substituents is 1. The third-order valence-electron chi connectivity index (χ3n) is 4.04. The van der Waals surface area contributed by atoms with Crippen LogP contribution in [0.25, 0.3) is 0 Å². The lowest BCUT2D eigenvalue weighted by Crippen LogP contribution is -2.31. The van der Waals surface area contributed by atoms with E-state index in [1.54, 1.807) is 0 Å². The van der Waals surface area contributed by atoms with Crippen molar-refractivity contribution in [3.63, 3.8) is 0 Å². The van der Waals surface area contributed by atoms with E-state index in [0.717, 1.165) is 23.2 Å². The van der Waals surface area contributed by atoms with Crippen LogP contribution in [0, 0.1) is 10.1 Å². The summed E-state index contributed by atoms with van der Waals surface area (Å²) >= 11 is 0. The molecular weight excluding hydrogens is 374 g/mol. The molecule has 0 radical (unpaired) electrons. The first-order chi connectivity index (χ1) is 13.3. The summed E-state index contributed by atoms with van der Waals surface area (Å²) in [6.45, 7) is -0.0739. The highest BCUT2D eigenvalue weighted by molar-refractivity contribution is 6.21. The molecule has 144 valence electrons. The van der Waals surface area contributed by atoms with Crippen LogP contribution in [-0.4, -0.2) is 44.1 Å². The summed E-state index contributed by atoms with van der Waals surface area (Å²) in [5.74, 6) is -1.81. The van der Waals surface area contributed by atoms with Gasteiger partial charge in [-0.2, -0.15) is 0 Å². The average Bonchev–Trinajstić information content (AvgIpc) is 2.88. The minimum atomic E-state index is -0.765. The summed E-state index contributed by atoms with van der Waals surface area (Å²) in [6, 6.07) is 3.41. The maximum Gasteiger partial charge on any atom is 0.325 e. The molecule has 0 saturated carbocycles. The Hall–Kier alpha value is -4.09. The van der Waals surface area contributed by atoms with Crippen molar-refractivity contribution in [1.29, 1.82) is 0 Å². The SMILES string of the molecule is O=C(CCCN1C(=O)c2ccc([N+](=O)[O-])cc2C1=O)Nc1c[nH]c(=O)[nH]c1=O. The first kappa shape index (κ1) is 18.7. The van der Waals surface area contributed by atoms with Gasteiger partial charge in [-0.3, -0.25) is 39.2 Å². The molecule has 1 aromatic heterocycles. The van der Waals surface area contributed by atoms with Crippen molar-refractivity contribution in [3.8, 4) is 0 Å². The summed E-state index contributed by atoms with van der Waals surface area (Å²) < 4.78 is 0. The first-order valence-corrected chi connectivity index (χ1v) is 8.04. The number of nitrogens with zero attached hydrogens (tertiary/aromatic N) is 2. The monoisotopic (exact) mass is 387 g/mol. The fraction of sp³-hybridized carbons (Fsp3) is 0.188. The number of rotatable bonds is 6. The summed E-state index contributed by atoms with van der Waals surface area (Å²) in [4.78, 5) is 74.2. The van der Waals surface area contributed by atoms with E-state index >= 15 is 0 Å². The molecule has 0 atom stereocenters. The van der Waals surface area contributed by atoms with E-state index in [1.165, 1.54) is 6.07 Å². The normalized spacial score (nSPS) is 12.8. The molecule has 1 aromatic carbocycles. The van der Waals surface area contributed by atoms with E-state index in [0.29, 0.717) is 0 Å². The number of hydrogen-bond acceptors (Lipinski definition) is 7. The van der Waals surface area contributed by atoms with Crippen LogP contribution in [0.1, 0.15) is 33.6 Å². The molecule has 2 aromatic rings. The number of nitrogens with one attached hydrogen (secondary N) is 3. The number of nitro groups is 1. The summed E-state index contributed by atoms with van der Waals surface area (Å²) in [5.41, 5.74) is -1.90. The minimum absolute atomic E-state index is 0.0524. The van der Waals surface area contributed by atoms with Crippen molar-refractivity contribution in [1.82, 2.24) is 14.9 Å². The number of imide groups is 1. The number of hydrogen-bond donors (Lipinski definition) is 3. The van der Waals surface area contributed by atoms with Gasteiger partial charge in [-0.1, -0.05) is 0 Å². The van der Waals surface area contributed by atoms with Crippen LogP contribution in [0.3, 0.4) is 0 Å². The predicted molar refractivity (Wildman–Crippen MR) is 94.0 cm³/mol. The molecule has 3 amide bonds. The third-order valence-corrected chi connectivity index (χ3v) is 4.04. The lowest BCUT2D eigenvalue weighted by atomic mass is 10.1. The number of H-pyrrole nitrogens is 2. The molecule has 2 heterocycles. The van der Waals surface area contributed by atoms with E-state index in [2.05, 4.69) is 10.3 Å². The van der Waals surface area contributed by atoms with E-state index in [1.807, 2.05) is 4.98 Å². The highest BCUT2D eigenvalue weighted by atomic mass is 16.6. The van der Waals surface area contributed by atoms with Gasteiger partial charge >= 0.3 is 5.69 Å². The molecule has 0 saturated heterocycles. The maximum absolute atomic E-state index is 12.3. The number of benzene rings is 1. The van der Waals surface area contributed by atoms with Gasteiger partial charge in [-0.25, -0.2) is 4.79 Å². The van der Waals surface area contributed by atoms with Crippen molar-refractivity contribution < 1.29 is 19.3 Å². The van der Waals surface area contributed by atoms with Gasteiger partial charge in [0, 0.05) is 31.3 Å². The van der Waals surface area contributed by atoms with Crippen LogP contribution in [-0.2, 0) is 4.79 Å². The number of non-ortho nitro benzene ring substituents is 1. The number of anilines is 1. The predicted octanol–water partition coefficient (Wildman–Crippen LogP) is -0.0137. The van der Waals surface area contributed by atoms with E-state index < -0.39 is 33.9 Å². The summed E-state index contributed by atoms with van der Waals surface area (Å²) in [5, 5.41) is 13.1. The number of amides is 3. The molecule has 1 aliphatic rings. The quantitative estimate of drug-likeness (QED) is 0.354. The van der Waals surface area contributed by atoms with Gasteiger partial charge in [0.25, 0.3) is 23.1 Å². The Balaban J connectivity index is 1.60. The Morgan fingerprint density at radius 1 is 1.14 bits per heavy atom. The zero-order valence-corrected chi connectivity index (χ0v) is 14.2. The van der Waals surface area contributed by atoms with Gasteiger partial charge in [0.05, 0.1) is 16.1 Å². The fourth-order valence-corrected chi connectivity index (χ4v) is 2.71. The van der Waals surface area contributed by atoms with Crippen LogP contribution < -0.4 is 16.6 Å². The Labute approximate surface area is 155 Å². The number of carbonyl (C=O) groups is 3. The van der Waals surface area contributed by atoms with Gasteiger partial charge in [-0.05, 0) is 12.5 Å². The van der Waals surface area contributed by atoms with E-state index in [9.17, 15) is 34.1 Å².